The maximum Gasteiger partial charge on any atom is 0.275 e. The molecule has 0 aliphatic heterocycles. The van der Waals surface area contributed by atoms with E-state index in [4.69, 9.17) is 0 Å². The standard InChI is InChI=1S/C14H18N2O3/c1-9-3-2-4-10(7-9)15-16-14(19)12-8-11(17)5-6-13(12)18/h5-6,8-9,17-18H,2-4,7H2,1H3,(H,16,19). The Balaban J connectivity index is 2.05. The summed E-state index contributed by atoms with van der Waals surface area (Å²) in [6.07, 6.45) is 4.08. The lowest BCUT2D eigenvalue weighted by molar-refractivity contribution is 0.0951. The van der Waals surface area contributed by atoms with Crippen LogP contribution in [-0.2, 0) is 0 Å². The number of benzene rings is 1. The highest BCUT2D eigenvalue weighted by Gasteiger charge is 2.15. The summed E-state index contributed by atoms with van der Waals surface area (Å²) in [6.45, 7) is 2.16. The first-order valence-corrected chi connectivity index (χ1v) is 6.44. The summed E-state index contributed by atoms with van der Waals surface area (Å²) in [5.41, 5.74) is 3.44. The number of aromatic hydroxyl groups is 2. The molecule has 0 saturated heterocycles. The molecule has 1 fully saturated rings. The van der Waals surface area contributed by atoms with Crippen LogP contribution in [0.2, 0.25) is 0 Å². The first-order chi connectivity index (χ1) is 9.06. The molecular formula is C14H18N2O3. The van der Waals surface area contributed by atoms with Gasteiger partial charge in [-0.05, 0) is 49.8 Å². The van der Waals surface area contributed by atoms with Crippen molar-refractivity contribution in [3.05, 3.63) is 23.8 Å². The Bertz CT molecular complexity index is 511. The van der Waals surface area contributed by atoms with Gasteiger partial charge in [0.1, 0.15) is 11.5 Å². The highest BCUT2D eigenvalue weighted by Crippen LogP contribution is 2.23. The highest BCUT2D eigenvalue weighted by molar-refractivity contribution is 5.98. The second-order valence-electron chi connectivity index (χ2n) is 5.02. The third-order valence-corrected chi connectivity index (χ3v) is 3.29. The van der Waals surface area contributed by atoms with E-state index in [1.807, 2.05) is 0 Å². The van der Waals surface area contributed by atoms with Crippen LogP contribution in [0.15, 0.2) is 23.3 Å². The van der Waals surface area contributed by atoms with Crippen LogP contribution < -0.4 is 5.43 Å². The predicted molar refractivity (Wildman–Crippen MR) is 72.3 cm³/mol. The van der Waals surface area contributed by atoms with Gasteiger partial charge in [-0.3, -0.25) is 4.79 Å². The second kappa shape index (κ2) is 5.73. The molecule has 1 unspecified atom stereocenters. The van der Waals surface area contributed by atoms with Crippen molar-refractivity contribution in [1.82, 2.24) is 5.43 Å². The average molecular weight is 262 g/mol. The van der Waals surface area contributed by atoms with Crippen LogP contribution >= 0.6 is 0 Å². The minimum atomic E-state index is -0.515. The molecule has 0 spiro atoms. The fourth-order valence-corrected chi connectivity index (χ4v) is 2.26. The van der Waals surface area contributed by atoms with Crippen LogP contribution in [0.25, 0.3) is 0 Å². The fraction of sp³-hybridized carbons (Fsp3) is 0.429. The highest BCUT2D eigenvalue weighted by atomic mass is 16.3. The Hall–Kier alpha value is -2.04. The summed E-state index contributed by atoms with van der Waals surface area (Å²) < 4.78 is 0. The summed E-state index contributed by atoms with van der Waals surface area (Å²) >= 11 is 0. The second-order valence-corrected chi connectivity index (χ2v) is 5.02. The Morgan fingerprint density at radius 2 is 2.21 bits per heavy atom. The van der Waals surface area contributed by atoms with E-state index >= 15 is 0 Å². The molecule has 1 aromatic rings. The van der Waals surface area contributed by atoms with E-state index in [2.05, 4.69) is 17.5 Å². The number of carbonyl (C=O) groups is 1. The molecule has 0 radical (unpaired) electrons. The monoisotopic (exact) mass is 262 g/mol. The van der Waals surface area contributed by atoms with Crippen molar-refractivity contribution in [3.63, 3.8) is 0 Å². The third-order valence-electron chi connectivity index (χ3n) is 3.29. The van der Waals surface area contributed by atoms with Crippen molar-refractivity contribution < 1.29 is 15.0 Å². The Kier molecular flexibility index (Phi) is 4.04. The average Bonchev–Trinajstić information content (AvgIpc) is 2.39. The number of phenols is 2. The van der Waals surface area contributed by atoms with Crippen molar-refractivity contribution >= 4 is 11.6 Å². The number of nitrogens with zero attached hydrogens (tertiary/aromatic N) is 1. The van der Waals surface area contributed by atoms with Crippen LogP contribution in [0.3, 0.4) is 0 Å². The van der Waals surface area contributed by atoms with Gasteiger partial charge in [-0.2, -0.15) is 5.10 Å². The minimum Gasteiger partial charge on any atom is -0.508 e. The van der Waals surface area contributed by atoms with E-state index < -0.39 is 5.91 Å². The number of carbonyl (C=O) groups excluding carboxylic acids is 1. The Morgan fingerprint density at radius 3 is 2.95 bits per heavy atom. The third kappa shape index (κ3) is 3.47. The maximum atomic E-state index is 11.9. The molecule has 3 N–H and O–H groups in total. The van der Waals surface area contributed by atoms with Crippen LogP contribution in [0, 0.1) is 5.92 Å². The van der Waals surface area contributed by atoms with E-state index in [1.165, 1.54) is 24.6 Å². The summed E-state index contributed by atoms with van der Waals surface area (Å²) in [7, 11) is 0. The van der Waals surface area contributed by atoms with Crippen LogP contribution in [0.1, 0.15) is 43.0 Å². The number of hydrogen-bond acceptors (Lipinski definition) is 4. The Morgan fingerprint density at radius 1 is 1.42 bits per heavy atom. The summed E-state index contributed by atoms with van der Waals surface area (Å²) in [5, 5.41) is 23.0. The van der Waals surface area contributed by atoms with Crippen LogP contribution in [0.4, 0.5) is 0 Å². The number of hydrogen-bond donors (Lipinski definition) is 3. The lowest BCUT2D eigenvalue weighted by Crippen LogP contribution is -2.22. The van der Waals surface area contributed by atoms with E-state index in [9.17, 15) is 15.0 Å². The van der Waals surface area contributed by atoms with Gasteiger partial charge < -0.3 is 10.2 Å². The molecule has 5 nitrogen and oxygen atoms in total. The van der Waals surface area contributed by atoms with Gasteiger partial charge in [-0.15, -0.1) is 0 Å². The van der Waals surface area contributed by atoms with Gasteiger partial charge in [0.05, 0.1) is 5.56 Å². The molecule has 102 valence electrons. The molecule has 1 aliphatic rings. The summed E-state index contributed by atoms with van der Waals surface area (Å²) in [4.78, 5) is 11.9. The SMILES string of the molecule is CC1CCCC(=NNC(=O)c2cc(O)ccc2O)C1. The van der Waals surface area contributed by atoms with Gasteiger partial charge in [-0.1, -0.05) is 6.92 Å². The molecule has 1 saturated carbocycles. The van der Waals surface area contributed by atoms with Crippen LogP contribution in [-0.4, -0.2) is 21.8 Å². The number of phenolic OH excluding ortho intramolecular Hbond substituents is 2. The molecule has 5 heteroatoms. The zero-order valence-electron chi connectivity index (χ0n) is 10.9. The van der Waals surface area contributed by atoms with Crippen molar-refractivity contribution in [3.8, 4) is 11.5 Å². The topological polar surface area (TPSA) is 81.9 Å². The lowest BCUT2D eigenvalue weighted by Gasteiger charge is -2.18. The number of hydrazone groups is 1. The molecule has 0 heterocycles. The van der Waals surface area contributed by atoms with E-state index in [0.717, 1.165) is 25.0 Å². The van der Waals surface area contributed by atoms with Crippen molar-refractivity contribution in [2.24, 2.45) is 11.0 Å². The zero-order valence-corrected chi connectivity index (χ0v) is 10.9. The largest absolute Gasteiger partial charge is 0.508 e. The maximum absolute atomic E-state index is 11.9. The van der Waals surface area contributed by atoms with E-state index in [-0.39, 0.29) is 17.1 Å². The summed E-state index contributed by atoms with van der Waals surface area (Å²) in [6, 6.07) is 3.81. The Labute approximate surface area is 112 Å². The molecule has 19 heavy (non-hydrogen) atoms. The quantitative estimate of drug-likeness (QED) is 0.565. The molecule has 2 rings (SSSR count). The molecule has 1 aromatic carbocycles. The summed E-state index contributed by atoms with van der Waals surface area (Å²) in [5.74, 6) is -0.160. The van der Waals surface area contributed by atoms with Gasteiger partial charge in [0.2, 0.25) is 0 Å². The molecular weight excluding hydrogens is 244 g/mol. The van der Waals surface area contributed by atoms with E-state index in [0.29, 0.717) is 5.92 Å². The minimum absolute atomic E-state index is 0.0215. The van der Waals surface area contributed by atoms with Crippen molar-refractivity contribution in [2.45, 2.75) is 32.6 Å². The molecule has 0 bridgehead atoms. The number of amides is 1. The van der Waals surface area contributed by atoms with Crippen LogP contribution in [0.5, 0.6) is 11.5 Å². The number of rotatable bonds is 2. The molecule has 1 aliphatic carbocycles. The molecule has 0 aromatic heterocycles. The van der Waals surface area contributed by atoms with Gasteiger partial charge >= 0.3 is 0 Å². The first kappa shape index (κ1) is 13.4. The predicted octanol–water partition coefficient (Wildman–Crippen LogP) is 2.39. The zero-order chi connectivity index (χ0) is 13.8. The van der Waals surface area contributed by atoms with Crippen molar-refractivity contribution in [1.29, 1.82) is 0 Å². The normalized spacial score (nSPS) is 21.3. The molecule has 1 atom stereocenters. The lowest BCUT2D eigenvalue weighted by atomic mass is 9.89. The first-order valence-electron chi connectivity index (χ1n) is 6.44. The van der Waals surface area contributed by atoms with Gasteiger partial charge in [-0.25, -0.2) is 5.43 Å². The van der Waals surface area contributed by atoms with Crippen molar-refractivity contribution in [2.75, 3.05) is 0 Å². The fourth-order valence-electron chi connectivity index (χ4n) is 2.26. The van der Waals surface area contributed by atoms with Gasteiger partial charge in [0, 0.05) is 5.71 Å². The van der Waals surface area contributed by atoms with Gasteiger partial charge in [0.15, 0.2) is 0 Å². The molecule has 1 amide bonds. The van der Waals surface area contributed by atoms with Gasteiger partial charge in [0.25, 0.3) is 5.91 Å². The number of nitrogens with one attached hydrogen (secondary N) is 1. The van der Waals surface area contributed by atoms with E-state index in [1.54, 1.807) is 0 Å². The smallest absolute Gasteiger partial charge is 0.275 e.